The standard InChI is InChI=1S/C50H37NOS3/c1-55(2)47-20-9-8-19-46(47)54-50-42(15-11-21-48(50)55)37-26-32-40(33-27-37)51(38-28-22-35(23-29-38)34-12-4-3-5-13-34)39-30-24-36(25-31-39)41-14-10-17-44-49(41)53-45-18-7-6-16-43(45)52-44/h3-33H,1-2H3. The Morgan fingerprint density at radius 1 is 0.382 bits per heavy atom. The lowest BCUT2D eigenvalue weighted by atomic mass is 10.0. The maximum absolute atomic E-state index is 6.33. The van der Waals surface area contributed by atoms with Crippen molar-refractivity contribution in [3.63, 3.8) is 0 Å². The summed E-state index contributed by atoms with van der Waals surface area (Å²) in [7, 11) is -1.13. The van der Waals surface area contributed by atoms with Gasteiger partial charge in [-0.15, -0.1) is 0 Å². The van der Waals surface area contributed by atoms with Crippen LogP contribution >= 0.6 is 33.6 Å². The zero-order chi connectivity index (χ0) is 36.9. The summed E-state index contributed by atoms with van der Waals surface area (Å²) in [5.41, 5.74) is 10.6. The zero-order valence-electron chi connectivity index (χ0n) is 30.5. The molecule has 0 N–H and O–H groups in total. The molecule has 2 aliphatic heterocycles. The van der Waals surface area contributed by atoms with Gasteiger partial charge in [0.15, 0.2) is 0 Å². The molecule has 0 amide bonds. The average molecular weight is 764 g/mol. The second-order valence-corrected chi connectivity index (χ2v) is 19.8. The van der Waals surface area contributed by atoms with Gasteiger partial charge in [-0.05, 0) is 119 Å². The van der Waals surface area contributed by atoms with Crippen molar-refractivity contribution in [2.45, 2.75) is 29.4 Å². The SMILES string of the molecule is CS1(C)c2ccccc2Sc2c(-c3ccc(N(c4ccc(-c5ccccc5)cc4)c4ccc(-c5cccc6c5Sc5ccccc5O6)cc4)cc3)cccc21. The Bertz CT molecular complexity index is 2690. The van der Waals surface area contributed by atoms with Crippen LogP contribution in [0.5, 0.6) is 11.5 Å². The first-order valence-corrected chi connectivity index (χ1v) is 22.5. The quantitative estimate of drug-likeness (QED) is 0.167. The molecule has 10 rings (SSSR count). The molecule has 0 atom stereocenters. The molecule has 2 heterocycles. The molecule has 0 unspecified atom stereocenters. The zero-order valence-corrected chi connectivity index (χ0v) is 32.9. The summed E-state index contributed by atoms with van der Waals surface area (Å²) >= 11 is 3.69. The fraction of sp³-hybridized carbons (Fsp3) is 0.0400. The Morgan fingerprint density at radius 3 is 1.53 bits per heavy atom. The van der Waals surface area contributed by atoms with Crippen molar-refractivity contribution in [3.05, 3.63) is 188 Å². The molecule has 55 heavy (non-hydrogen) atoms. The van der Waals surface area contributed by atoms with Gasteiger partial charge in [-0.1, -0.05) is 139 Å². The first-order valence-electron chi connectivity index (χ1n) is 18.4. The smallest absolute Gasteiger partial charge is 0.142 e. The monoisotopic (exact) mass is 763 g/mol. The lowest BCUT2D eigenvalue weighted by molar-refractivity contribution is 0.455. The molecule has 0 radical (unpaired) electrons. The van der Waals surface area contributed by atoms with Crippen LogP contribution in [0, 0.1) is 0 Å². The van der Waals surface area contributed by atoms with E-state index in [0.29, 0.717) is 0 Å². The third kappa shape index (κ3) is 6.13. The van der Waals surface area contributed by atoms with Gasteiger partial charge in [0.05, 0.1) is 9.79 Å². The molecule has 0 bridgehead atoms. The Hall–Kier alpha value is -5.59. The molecule has 8 aromatic carbocycles. The highest BCUT2D eigenvalue weighted by Crippen LogP contribution is 2.67. The van der Waals surface area contributed by atoms with Crippen molar-refractivity contribution in [2.24, 2.45) is 0 Å². The topological polar surface area (TPSA) is 12.5 Å². The molecule has 0 aliphatic carbocycles. The number of anilines is 3. The Kier molecular flexibility index (Phi) is 8.59. The van der Waals surface area contributed by atoms with Gasteiger partial charge >= 0.3 is 0 Å². The van der Waals surface area contributed by atoms with E-state index in [4.69, 9.17) is 4.74 Å². The highest BCUT2D eigenvalue weighted by molar-refractivity contribution is 8.33. The predicted octanol–water partition coefficient (Wildman–Crippen LogP) is 15.4. The third-order valence-electron chi connectivity index (χ3n) is 10.5. The van der Waals surface area contributed by atoms with Crippen LogP contribution in [0.2, 0.25) is 0 Å². The van der Waals surface area contributed by atoms with Gasteiger partial charge in [-0.25, -0.2) is 0 Å². The van der Waals surface area contributed by atoms with Crippen LogP contribution in [0.25, 0.3) is 33.4 Å². The fourth-order valence-electron chi connectivity index (χ4n) is 7.67. The van der Waals surface area contributed by atoms with Gasteiger partial charge in [0, 0.05) is 36.6 Å². The minimum absolute atomic E-state index is 0.901. The second kappa shape index (κ2) is 13.9. The Labute approximate surface area is 333 Å². The Balaban J connectivity index is 1.02. The van der Waals surface area contributed by atoms with Crippen molar-refractivity contribution in [1.29, 1.82) is 0 Å². The van der Waals surface area contributed by atoms with E-state index in [9.17, 15) is 0 Å². The highest BCUT2D eigenvalue weighted by atomic mass is 32.3. The first kappa shape index (κ1) is 33.9. The molecule has 0 spiro atoms. The molecule has 5 heteroatoms. The summed E-state index contributed by atoms with van der Waals surface area (Å²) in [5.74, 6) is 1.81. The molecule has 0 aromatic heterocycles. The number of nitrogens with zero attached hydrogens (tertiary/aromatic N) is 1. The maximum Gasteiger partial charge on any atom is 0.142 e. The van der Waals surface area contributed by atoms with Crippen LogP contribution in [-0.4, -0.2) is 12.5 Å². The summed E-state index contributed by atoms with van der Waals surface area (Å²) in [6, 6.07) is 68.0. The van der Waals surface area contributed by atoms with Crippen LogP contribution in [0.1, 0.15) is 0 Å². The third-order valence-corrected chi connectivity index (χ3v) is 16.1. The van der Waals surface area contributed by atoms with E-state index in [-0.39, 0.29) is 0 Å². The van der Waals surface area contributed by atoms with Gasteiger partial charge in [0.2, 0.25) is 0 Å². The molecule has 2 aliphatic rings. The molecule has 0 saturated heterocycles. The summed E-state index contributed by atoms with van der Waals surface area (Å²) in [5, 5.41) is 0. The molecule has 2 nitrogen and oxygen atoms in total. The van der Waals surface area contributed by atoms with Crippen molar-refractivity contribution in [3.8, 4) is 44.9 Å². The Morgan fingerprint density at radius 2 is 0.855 bits per heavy atom. The van der Waals surface area contributed by atoms with Crippen LogP contribution in [0.4, 0.5) is 17.1 Å². The van der Waals surface area contributed by atoms with Crippen molar-refractivity contribution in [2.75, 3.05) is 17.4 Å². The number of hydrogen-bond donors (Lipinski definition) is 0. The van der Waals surface area contributed by atoms with E-state index in [1.165, 1.54) is 47.4 Å². The van der Waals surface area contributed by atoms with Crippen LogP contribution in [0.3, 0.4) is 0 Å². The number of rotatable bonds is 6. The summed E-state index contributed by atoms with van der Waals surface area (Å²) in [6.07, 6.45) is 4.86. The first-order chi connectivity index (χ1) is 27.0. The lowest BCUT2D eigenvalue weighted by Gasteiger charge is -2.39. The van der Waals surface area contributed by atoms with E-state index in [1.54, 1.807) is 11.8 Å². The van der Waals surface area contributed by atoms with Gasteiger partial charge in [-0.2, -0.15) is 10.0 Å². The number of fused-ring (bicyclic) bond motifs is 4. The number of para-hydroxylation sites is 1. The fourth-order valence-corrected chi connectivity index (χ4v) is 13.5. The molecule has 0 fully saturated rings. The van der Waals surface area contributed by atoms with E-state index in [0.717, 1.165) is 43.9 Å². The van der Waals surface area contributed by atoms with Crippen molar-refractivity contribution >= 4 is 50.6 Å². The van der Waals surface area contributed by atoms with Crippen LogP contribution in [0.15, 0.2) is 217 Å². The van der Waals surface area contributed by atoms with E-state index < -0.39 is 10.0 Å². The largest absolute Gasteiger partial charge is 0.455 e. The van der Waals surface area contributed by atoms with E-state index in [1.807, 2.05) is 23.9 Å². The summed E-state index contributed by atoms with van der Waals surface area (Å²) in [6.45, 7) is 0. The van der Waals surface area contributed by atoms with Crippen LogP contribution in [-0.2, 0) is 0 Å². The average Bonchev–Trinajstić information content (AvgIpc) is 3.24. The summed E-state index contributed by atoms with van der Waals surface area (Å²) < 4.78 is 6.33. The van der Waals surface area contributed by atoms with Gasteiger partial charge in [0.25, 0.3) is 0 Å². The number of benzene rings is 8. The number of ether oxygens (including phenoxy) is 1. The number of hydrogen-bond acceptors (Lipinski definition) is 4. The second-order valence-electron chi connectivity index (χ2n) is 14.1. The maximum atomic E-state index is 6.33. The molecular formula is C50H37NOS3. The molecule has 266 valence electrons. The minimum atomic E-state index is -1.13. The highest BCUT2D eigenvalue weighted by Gasteiger charge is 2.30. The van der Waals surface area contributed by atoms with E-state index >= 15 is 0 Å². The van der Waals surface area contributed by atoms with Crippen LogP contribution < -0.4 is 9.64 Å². The molecule has 8 aromatic rings. The van der Waals surface area contributed by atoms with E-state index in [2.05, 4.69) is 193 Å². The normalized spacial score (nSPS) is 14.0. The van der Waals surface area contributed by atoms with Crippen molar-refractivity contribution in [1.82, 2.24) is 0 Å². The molecule has 0 saturated carbocycles. The summed E-state index contributed by atoms with van der Waals surface area (Å²) in [4.78, 5) is 10.3. The van der Waals surface area contributed by atoms with Gasteiger partial charge < -0.3 is 9.64 Å². The van der Waals surface area contributed by atoms with Crippen molar-refractivity contribution < 1.29 is 4.74 Å². The minimum Gasteiger partial charge on any atom is -0.455 e. The van der Waals surface area contributed by atoms with Gasteiger partial charge in [0.1, 0.15) is 11.5 Å². The molecular weight excluding hydrogens is 727 g/mol. The van der Waals surface area contributed by atoms with Gasteiger partial charge in [-0.3, -0.25) is 0 Å². The predicted molar refractivity (Wildman–Crippen MR) is 235 cm³/mol. The lowest BCUT2D eigenvalue weighted by Crippen LogP contribution is -2.10.